The molecule has 2 heteroatoms. The molecule has 0 saturated carbocycles. The van der Waals surface area contributed by atoms with Gasteiger partial charge in [-0.2, -0.15) is 0 Å². The van der Waals surface area contributed by atoms with Crippen LogP contribution in [0.2, 0.25) is 0 Å². The number of piperidine rings is 1. The first-order valence-corrected chi connectivity index (χ1v) is 7.43. The average Bonchev–Trinajstić information content (AvgIpc) is 2.37. The first-order valence-electron chi connectivity index (χ1n) is 7.43. The summed E-state index contributed by atoms with van der Waals surface area (Å²) in [5.41, 5.74) is 1.46. The molecule has 1 aliphatic heterocycles. The first kappa shape index (κ1) is 14.5. The van der Waals surface area contributed by atoms with Gasteiger partial charge in [-0.1, -0.05) is 51.1 Å². The van der Waals surface area contributed by atoms with E-state index in [1.165, 1.54) is 19.4 Å². The van der Waals surface area contributed by atoms with Gasteiger partial charge in [0.1, 0.15) is 0 Å². The van der Waals surface area contributed by atoms with E-state index in [0.29, 0.717) is 5.41 Å². The van der Waals surface area contributed by atoms with Crippen molar-refractivity contribution in [1.82, 2.24) is 4.90 Å². The Kier molecular flexibility index (Phi) is 4.64. The maximum atomic E-state index is 10.4. The van der Waals surface area contributed by atoms with Crippen LogP contribution in [0.15, 0.2) is 30.3 Å². The molecule has 0 radical (unpaired) electrons. The summed E-state index contributed by atoms with van der Waals surface area (Å²) in [6, 6.07) is 10.0. The lowest BCUT2D eigenvalue weighted by atomic mass is 9.83. The smallest absolute Gasteiger partial charge is 0.0827 e. The zero-order chi connectivity index (χ0) is 13.9. The lowest BCUT2D eigenvalue weighted by Crippen LogP contribution is -2.42. The summed E-state index contributed by atoms with van der Waals surface area (Å²) in [6.07, 6.45) is 2.24. The third-order valence-electron chi connectivity index (χ3n) is 4.21. The number of hydrogen-bond donors (Lipinski definition) is 1. The topological polar surface area (TPSA) is 23.5 Å². The molecule has 2 rings (SSSR count). The molecule has 0 amide bonds. The fourth-order valence-corrected chi connectivity index (χ4v) is 3.19. The van der Waals surface area contributed by atoms with Crippen LogP contribution in [-0.2, 0) is 0 Å². The molecular weight excluding hydrogens is 234 g/mol. The lowest BCUT2D eigenvalue weighted by Gasteiger charge is -2.39. The number of nitrogens with zero attached hydrogens (tertiary/aromatic N) is 1. The summed E-state index contributed by atoms with van der Waals surface area (Å²) in [7, 11) is 0. The van der Waals surface area contributed by atoms with E-state index >= 15 is 0 Å². The normalized spacial score (nSPS) is 22.9. The van der Waals surface area contributed by atoms with Gasteiger partial charge in [-0.05, 0) is 36.3 Å². The third-order valence-corrected chi connectivity index (χ3v) is 4.21. The van der Waals surface area contributed by atoms with E-state index in [4.69, 9.17) is 0 Å². The van der Waals surface area contributed by atoms with E-state index < -0.39 is 0 Å². The summed E-state index contributed by atoms with van der Waals surface area (Å²) in [6.45, 7) is 10.2. The molecule has 1 N–H and O–H groups in total. The van der Waals surface area contributed by atoms with Crippen LogP contribution in [-0.4, -0.2) is 29.6 Å². The number of rotatable bonds is 4. The van der Waals surface area contributed by atoms with Crippen molar-refractivity contribution < 1.29 is 5.11 Å². The van der Waals surface area contributed by atoms with Gasteiger partial charge in [-0.25, -0.2) is 0 Å². The van der Waals surface area contributed by atoms with Gasteiger partial charge in [0.2, 0.25) is 0 Å². The van der Waals surface area contributed by atoms with Crippen molar-refractivity contribution in [1.29, 1.82) is 0 Å². The van der Waals surface area contributed by atoms with Gasteiger partial charge in [0.25, 0.3) is 0 Å². The SMILES string of the molecule is CC(CN1CCCC(C)(C)C1)C(O)c1ccccc1. The molecule has 0 aliphatic carbocycles. The summed E-state index contributed by atoms with van der Waals surface area (Å²) < 4.78 is 0. The van der Waals surface area contributed by atoms with Crippen molar-refractivity contribution in [2.45, 2.75) is 39.7 Å². The highest BCUT2D eigenvalue weighted by Gasteiger charge is 2.28. The molecule has 1 fully saturated rings. The van der Waals surface area contributed by atoms with Gasteiger partial charge in [-0.15, -0.1) is 0 Å². The Morgan fingerprint density at radius 3 is 2.58 bits per heavy atom. The summed E-state index contributed by atoms with van der Waals surface area (Å²) in [5, 5.41) is 10.4. The summed E-state index contributed by atoms with van der Waals surface area (Å²) in [4.78, 5) is 2.51. The quantitative estimate of drug-likeness (QED) is 0.897. The minimum atomic E-state index is -0.355. The number of aliphatic hydroxyl groups is 1. The Balaban J connectivity index is 1.92. The molecule has 1 saturated heterocycles. The Hall–Kier alpha value is -0.860. The van der Waals surface area contributed by atoms with Crippen molar-refractivity contribution in [2.75, 3.05) is 19.6 Å². The molecule has 0 aromatic heterocycles. The van der Waals surface area contributed by atoms with E-state index in [1.807, 2.05) is 30.3 Å². The van der Waals surface area contributed by atoms with Crippen LogP contribution in [0.3, 0.4) is 0 Å². The summed E-state index contributed by atoms with van der Waals surface area (Å²) >= 11 is 0. The average molecular weight is 261 g/mol. The van der Waals surface area contributed by atoms with Crippen molar-refractivity contribution >= 4 is 0 Å². The van der Waals surface area contributed by atoms with Crippen LogP contribution < -0.4 is 0 Å². The molecular formula is C17H27NO. The van der Waals surface area contributed by atoms with Crippen LogP contribution >= 0.6 is 0 Å². The van der Waals surface area contributed by atoms with Gasteiger partial charge in [-0.3, -0.25) is 0 Å². The minimum Gasteiger partial charge on any atom is -0.388 e. The predicted molar refractivity (Wildman–Crippen MR) is 80.0 cm³/mol. The largest absolute Gasteiger partial charge is 0.388 e. The summed E-state index contributed by atoms with van der Waals surface area (Å²) in [5.74, 6) is 0.274. The Labute approximate surface area is 117 Å². The van der Waals surface area contributed by atoms with Crippen LogP contribution in [0.1, 0.15) is 45.3 Å². The lowest BCUT2D eigenvalue weighted by molar-refractivity contribution is 0.0547. The second-order valence-electron chi connectivity index (χ2n) is 6.84. The minimum absolute atomic E-state index is 0.274. The third kappa shape index (κ3) is 4.05. The molecule has 19 heavy (non-hydrogen) atoms. The Morgan fingerprint density at radius 2 is 1.95 bits per heavy atom. The van der Waals surface area contributed by atoms with E-state index in [0.717, 1.165) is 18.7 Å². The molecule has 1 heterocycles. The van der Waals surface area contributed by atoms with Gasteiger partial charge < -0.3 is 10.0 Å². The first-order chi connectivity index (χ1) is 8.98. The Morgan fingerprint density at radius 1 is 1.26 bits per heavy atom. The fourth-order valence-electron chi connectivity index (χ4n) is 3.19. The van der Waals surface area contributed by atoms with Crippen molar-refractivity contribution in [3.8, 4) is 0 Å². The highest BCUT2D eigenvalue weighted by atomic mass is 16.3. The highest BCUT2D eigenvalue weighted by Crippen LogP contribution is 2.30. The molecule has 0 spiro atoms. The van der Waals surface area contributed by atoms with Crippen molar-refractivity contribution in [2.24, 2.45) is 11.3 Å². The molecule has 0 bridgehead atoms. The standard InChI is InChI=1S/C17H27NO/c1-14(16(19)15-8-5-4-6-9-15)12-18-11-7-10-17(2,3)13-18/h4-6,8-9,14,16,19H,7,10-13H2,1-3H3. The van der Waals surface area contributed by atoms with Gasteiger partial charge in [0.15, 0.2) is 0 Å². The molecule has 2 atom stereocenters. The van der Waals surface area contributed by atoms with Crippen LogP contribution in [0.25, 0.3) is 0 Å². The van der Waals surface area contributed by atoms with Crippen LogP contribution in [0.5, 0.6) is 0 Å². The van der Waals surface area contributed by atoms with Crippen LogP contribution in [0.4, 0.5) is 0 Å². The molecule has 1 aromatic carbocycles. The number of aliphatic hydroxyl groups excluding tert-OH is 1. The number of hydrogen-bond acceptors (Lipinski definition) is 2. The number of likely N-dealkylation sites (tertiary alicyclic amines) is 1. The van der Waals surface area contributed by atoms with E-state index in [-0.39, 0.29) is 12.0 Å². The zero-order valence-electron chi connectivity index (χ0n) is 12.5. The van der Waals surface area contributed by atoms with E-state index in [9.17, 15) is 5.11 Å². The predicted octanol–water partition coefficient (Wildman–Crippen LogP) is 3.48. The molecule has 2 unspecified atom stereocenters. The molecule has 1 aliphatic rings. The van der Waals surface area contributed by atoms with Gasteiger partial charge in [0.05, 0.1) is 6.10 Å². The van der Waals surface area contributed by atoms with Gasteiger partial charge >= 0.3 is 0 Å². The van der Waals surface area contributed by atoms with Crippen LogP contribution in [0, 0.1) is 11.3 Å². The molecule has 1 aromatic rings. The fraction of sp³-hybridized carbons (Fsp3) is 0.647. The van der Waals surface area contributed by atoms with Gasteiger partial charge in [0, 0.05) is 13.1 Å². The monoisotopic (exact) mass is 261 g/mol. The molecule has 2 nitrogen and oxygen atoms in total. The maximum Gasteiger partial charge on any atom is 0.0827 e. The van der Waals surface area contributed by atoms with Crippen molar-refractivity contribution in [3.05, 3.63) is 35.9 Å². The second kappa shape index (κ2) is 6.06. The van der Waals surface area contributed by atoms with Crippen molar-refractivity contribution in [3.63, 3.8) is 0 Å². The number of benzene rings is 1. The second-order valence-corrected chi connectivity index (χ2v) is 6.84. The maximum absolute atomic E-state index is 10.4. The zero-order valence-corrected chi connectivity index (χ0v) is 12.5. The Bertz CT molecular complexity index is 388. The van der Waals surface area contributed by atoms with E-state index in [2.05, 4.69) is 25.7 Å². The highest BCUT2D eigenvalue weighted by molar-refractivity contribution is 5.17. The van der Waals surface area contributed by atoms with E-state index in [1.54, 1.807) is 0 Å². The molecule has 106 valence electrons.